The second-order valence-corrected chi connectivity index (χ2v) is 5.39. The summed E-state index contributed by atoms with van der Waals surface area (Å²) in [6.45, 7) is 5.95. The highest BCUT2D eigenvalue weighted by atomic mass is 35.5. The van der Waals surface area contributed by atoms with Crippen LogP contribution in [0.1, 0.15) is 31.0 Å². The third-order valence-electron chi connectivity index (χ3n) is 2.84. The molecular formula is C14H13Cl2FN2. The molecule has 1 aromatic carbocycles. The topological polar surface area (TPSA) is 25.8 Å². The highest BCUT2D eigenvalue weighted by Gasteiger charge is 2.14. The SMILES string of the molecule is Cc1nc(-c2ccc(F)c(Cl)c2)nc(Cl)c1C(C)C. The molecule has 1 heterocycles. The highest BCUT2D eigenvalue weighted by Crippen LogP contribution is 2.29. The third-order valence-corrected chi connectivity index (χ3v) is 3.42. The fourth-order valence-electron chi connectivity index (χ4n) is 1.97. The minimum atomic E-state index is -0.466. The molecule has 5 heteroatoms. The lowest BCUT2D eigenvalue weighted by atomic mass is 10.0. The van der Waals surface area contributed by atoms with Gasteiger partial charge in [0.25, 0.3) is 0 Å². The van der Waals surface area contributed by atoms with Crippen LogP contribution in [-0.4, -0.2) is 9.97 Å². The first-order valence-corrected chi connectivity index (χ1v) is 6.65. The summed E-state index contributed by atoms with van der Waals surface area (Å²) in [4.78, 5) is 8.69. The molecule has 0 bridgehead atoms. The standard InChI is InChI=1S/C14H13Cl2FN2/c1-7(2)12-8(3)18-14(19-13(12)16)9-4-5-11(17)10(15)6-9/h4-7H,1-3H3. The van der Waals surface area contributed by atoms with Crippen molar-refractivity contribution in [2.75, 3.05) is 0 Å². The van der Waals surface area contributed by atoms with E-state index in [1.807, 2.05) is 20.8 Å². The van der Waals surface area contributed by atoms with Gasteiger partial charge in [-0.3, -0.25) is 0 Å². The van der Waals surface area contributed by atoms with E-state index >= 15 is 0 Å². The highest BCUT2D eigenvalue weighted by molar-refractivity contribution is 6.31. The van der Waals surface area contributed by atoms with Gasteiger partial charge in [0.05, 0.1) is 5.02 Å². The van der Waals surface area contributed by atoms with E-state index in [1.165, 1.54) is 12.1 Å². The van der Waals surface area contributed by atoms with E-state index in [-0.39, 0.29) is 10.9 Å². The summed E-state index contributed by atoms with van der Waals surface area (Å²) in [7, 11) is 0. The summed E-state index contributed by atoms with van der Waals surface area (Å²) < 4.78 is 13.1. The first-order valence-electron chi connectivity index (χ1n) is 5.89. The van der Waals surface area contributed by atoms with Crippen LogP contribution in [0.3, 0.4) is 0 Å². The van der Waals surface area contributed by atoms with Gasteiger partial charge in [0.1, 0.15) is 11.0 Å². The van der Waals surface area contributed by atoms with Gasteiger partial charge in [0, 0.05) is 16.8 Å². The van der Waals surface area contributed by atoms with E-state index in [2.05, 4.69) is 9.97 Å². The van der Waals surface area contributed by atoms with Crippen LogP contribution in [0, 0.1) is 12.7 Å². The largest absolute Gasteiger partial charge is 0.233 e. The summed E-state index contributed by atoms with van der Waals surface area (Å²) in [6, 6.07) is 4.37. The van der Waals surface area contributed by atoms with E-state index in [0.717, 1.165) is 11.3 Å². The smallest absolute Gasteiger partial charge is 0.161 e. The minimum absolute atomic E-state index is 0.0443. The number of hydrogen-bond donors (Lipinski definition) is 0. The van der Waals surface area contributed by atoms with E-state index in [0.29, 0.717) is 16.5 Å². The van der Waals surface area contributed by atoms with Gasteiger partial charge in [-0.15, -0.1) is 0 Å². The molecule has 0 aliphatic rings. The van der Waals surface area contributed by atoms with Crippen LogP contribution in [0.25, 0.3) is 11.4 Å². The van der Waals surface area contributed by atoms with Crippen molar-refractivity contribution in [3.63, 3.8) is 0 Å². The van der Waals surface area contributed by atoms with Gasteiger partial charge in [-0.1, -0.05) is 37.0 Å². The van der Waals surface area contributed by atoms with Gasteiger partial charge in [-0.25, -0.2) is 14.4 Å². The Hall–Kier alpha value is -1.19. The third kappa shape index (κ3) is 2.88. The lowest BCUT2D eigenvalue weighted by molar-refractivity contribution is 0.628. The van der Waals surface area contributed by atoms with E-state index in [9.17, 15) is 4.39 Å². The molecule has 0 saturated heterocycles. The molecule has 2 nitrogen and oxygen atoms in total. The van der Waals surface area contributed by atoms with Gasteiger partial charge in [0.15, 0.2) is 5.82 Å². The molecule has 2 rings (SSSR count). The number of aromatic nitrogens is 2. The first kappa shape index (κ1) is 14.2. The van der Waals surface area contributed by atoms with Crippen LogP contribution in [0.5, 0.6) is 0 Å². The summed E-state index contributed by atoms with van der Waals surface area (Å²) in [5.41, 5.74) is 2.40. The normalized spacial score (nSPS) is 11.1. The Morgan fingerprint density at radius 2 is 1.84 bits per heavy atom. The van der Waals surface area contributed by atoms with Crippen LogP contribution in [-0.2, 0) is 0 Å². The Kier molecular flexibility index (Phi) is 4.07. The molecule has 0 radical (unpaired) electrons. The lowest BCUT2D eigenvalue weighted by Gasteiger charge is -2.12. The maximum Gasteiger partial charge on any atom is 0.161 e. The zero-order valence-electron chi connectivity index (χ0n) is 10.8. The van der Waals surface area contributed by atoms with Gasteiger partial charge in [0.2, 0.25) is 0 Å². The molecule has 0 fully saturated rings. The second-order valence-electron chi connectivity index (χ2n) is 4.62. The number of halogens is 3. The van der Waals surface area contributed by atoms with Crippen molar-refractivity contribution in [2.45, 2.75) is 26.7 Å². The molecule has 100 valence electrons. The van der Waals surface area contributed by atoms with Crippen molar-refractivity contribution >= 4 is 23.2 Å². The van der Waals surface area contributed by atoms with Crippen LogP contribution in [0.2, 0.25) is 10.2 Å². The average Bonchev–Trinajstić information content (AvgIpc) is 2.31. The van der Waals surface area contributed by atoms with Gasteiger partial charge in [-0.2, -0.15) is 0 Å². The maximum atomic E-state index is 13.1. The van der Waals surface area contributed by atoms with Gasteiger partial charge in [-0.05, 0) is 31.0 Å². The second kappa shape index (κ2) is 5.43. The Morgan fingerprint density at radius 3 is 2.37 bits per heavy atom. The van der Waals surface area contributed by atoms with Crippen molar-refractivity contribution in [2.24, 2.45) is 0 Å². The fraction of sp³-hybridized carbons (Fsp3) is 0.286. The molecule has 0 atom stereocenters. The molecule has 0 amide bonds. The molecule has 1 aromatic heterocycles. The summed E-state index contributed by atoms with van der Waals surface area (Å²) in [5, 5.41) is 0.473. The minimum Gasteiger partial charge on any atom is -0.233 e. The average molecular weight is 299 g/mol. The fourth-order valence-corrected chi connectivity index (χ4v) is 2.58. The molecule has 0 aliphatic heterocycles. The van der Waals surface area contributed by atoms with E-state index in [1.54, 1.807) is 6.07 Å². The van der Waals surface area contributed by atoms with Crippen LogP contribution >= 0.6 is 23.2 Å². The molecule has 0 spiro atoms. The van der Waals surface area contributed by atoms with Gasteiger partial charge < -0.3 is 0 Å². The van der Waals surface area contributed by atoms with Crippen LogP contribution in [0.4, 0.5) is 4.39 Å². The number of rotatable bonds is 2. The van der Waals surface area contributed by atoms with Crippen molar-refractivity contribution in [1.82, 2.24) is 9.97 Å². The predicted molar refractivity (Wildman–Crippen MR) is 76.3 cm³/mol. The summed E-state index contributed by atoms with van der Waals surface area (Å²) in [5.74, 6) is 0.235. The van der Waals surface area contributed by atoms with E-state index in [4.69, 9.17) is 23.2 Å². The number of aryl methyl sites for hydroxylation is 1. The van der Waals surface area contributed by atoms with Crippen molar-refractivity contribution < 1.29 is 4.39 Å². The number of benzene rings is 1. The molecule has 2 aromatic rings. The van der Waals surface area contributed by atoms with Crippen molar-refractivity contribution in [3.8, 4) is 11.4 Å². The number of hydrogen-bond acceptors (Lipinski definition) is 2. The Labute approximate surface area is 121 Å². The lowest BCUT2D eigenvalue weighted by Crippen LogP contribution is -2.02. The molecular weight excluding hydrogens is 286 g/mol. The van der Waals surface area contributed by atoms with Gasteiger partial charge >= 0.3 is 0 Å². The van der Waals surface area contributed by atoms with Crippen LogP contribution in [0.15, 0.2) is 18.2 Å². The molecule has 0 unspecified atom stereocenters. The Bertz CT molecular complexity index is 604. The summed E-state index contributed by atoms with van der Waals surface area (Å²) >= 11 is 12.0. The monoisotopic (exact) mass is 298 g/mol. The molecule has 19 heavy (non-hydrogen) atoms. The Balaban J connectivity index is 2.55. The first-order chi connectivity index (χ1) is 8.90. The zero-order chi connectivity index (χ0) is 14.2. The zero-order valence-corrected chi connectivity index (χ0v) is 12.3. The quantitative estimate of drug-likeness (QED) is 0.727. The molecule has 0 saturated carbocycles. The van der Waals surface area contributed by atoms with Crippen molar-refractivity contribution in [1.29, 1.82) is 0 Å². The molecule has 0 aliphatic carbocycles. The maximum absolute atomic E-state index is 13.1. The number of nitrogens with zero attached hydrogens (tertiary/aromatic N) is 2. The van der Waals surface area contributed by atoms with E-state index < -0.39 is 5.82 Å². The van der Waals surface area contributed by atoms with Crippen molar-refractivity contribution in [3.05, 3.63) is 45.4 Å². The molecule has 0 N–H and O–H groups in total. The summed E-state index contributed by atoms with van der Waals surface area (Å²) in [6.07, 6.45) is 0. The Morgan fingerprint density at radius 1 is 1.16 bits per heavy atom. The predicted octanol–water partition coefficient (Wildman–Crippen LogP) is 5.02. The van der Waals surface area contributed by atoms with Crippen LogP contribution < -0.4 is 0 Å².